The number of likely N-dealkylation sites (N-methyl/N-ethyl adjacent to an activating group) is 1. The highest BCUT2D eigenvalue weighted by Gasteiger charge is 2.23. The number of hydrogen-bond acceptors (Lipinski definition) is 4. The lowest BCUT2D eigenvalue weighted by Gasteiger charge is -2.28. The van der Waals surface area contributed by atoms with Gasteiger partial charge in [0, 0.05) is 42.8 Å². The first-order chi connectivity index (χ1) is 15.4. The molecule has 7 heteroatoms. The van der Waals surface area contributed by atoms with Gasteiger partial charge >= 0.3 is 0 Å². The van der Waals surface area contributed by atoms with Crippen LogP contribution < -0.4 is 5.32 Å². The zero-order valence-corrected chi connectivity index (χ0v) is 18.8. The summed E-state index contributed by atoms with van der Waals surface area (Å²) in [6.07, 6.45) is 9.03. The van der Waals surface area contributed by atoms with Crippen LogP contribution in [0.25, 0.3) is 17.0 Å². The van der Waals surface area contributed by atoms with Crippen LogP contribution in [0.2, 0.25) is 0 Å². The standard InChI is InChI=1S/C25H29N5O2/c1-29(2)13-12-22(20-16-26-21-7-5-4-6-19(20)21)30(3)24(32)11-8-17-14-18-9-10-23(31)28-25(18)27-15-17/h4-8,11,14-16,22,26H,9-10,12-13H2,1-3H3,(H,27,28,31). The second-order valence-electron chi connectivity index (χ2n) is 8.50. The molecule has 166 valence electrons. The fraction of sp³-hybridized carbons (Fsp3) is 0.320. The molecule has 2 N–H and O–H groups in total. The summed E-state index contributed by atoms with van der Waals surface area (Å²) < 4.78 is 0. The van der Waals surface area contributed by atoms with Gasteiger partial charge in [-0.05, 0) is 68.4 Å². The Balaban J connectivity index is 1.54. The van der Waals surface area contributed by atoms with Crippen molar-refractivity contribution in [2.45, 2.75) is 25.3 Å². The highest BCUT2D eigenvalue weighted by Crippen LogP contribution is 2.30. The molecule has 3 aromatic rings. The van der Waals surface area contributed by atoms with Crippen LogP contribution in [0, 0.1) is 0 Å². The van der Waals surface area contributed by atoms with Crippen molar-refractivity contribution in [2.24, 2.45) is 0 Å². The molecule has 0 radical (unpaired) electrons. The maximum Gasteiger partial charge on any atom is 0.246 e. The third kappa shape index (κ3) is 4.73. The lowest BCUT2D eigenvalue weighted by atomic mass is 10.0. The third-order valence-electron chi connectivity index (χ3n) is 5.93. The molecular formula is C25H29N5O2. The zero-order valence-electron chi connectivity index (χ0n) is 18.8. The van der Waals surface area contributed by atoms with Crippen LogP contribution in [0.15, 0.2) is 48.8 Å². The van der Waals surface area contributed by atoms with Gasteiger partial charge in [0.15, 0.2) is 0 Å². The number of hydrogen-bond donors (Lipinski definition) is 2. The van der Waals surface area contributed by atoms with Gasteiger partial charge in [-0.2, -0.15) is 0 Å². The first kappa shape index (κ1) is 21.8. The molecule has 1 aliphatic rings. The molecule has 1 unspecified atom stereocenters. The molecule has 7 nitrogen and oxygen atoms in total. The number of nitrogens with one attached hydrogen (secondary N) is 2. The molecule has 4 rings (SSSR count). The van der Waals surface area contributed by atoms with Gasteiger partial charge in [0.1, 0.15) is 5.82 Å². The number of aryl methyl sites for hydroxylation is 1. The van der Waals surface area contributed by atoms with Crippen molar-refractivity contribution < 1.29 is 9.59 Å². The summed E-state index contributed by atoms with van der Waals surface area (Å²) in [4.78, 5) is 36.2. The SMILES string of the molecule is CN(C)CCC(c1c[nH]c2ccccc12)N(C)C(=O)C=Cc1cnc2c(c1)CCC(=O)N2. The number of benzene rings is 1. The number of anilines is 1. The van der Waals surface area contributed by atoms with Gasteiger partial charge in [-0.15, -0.1) is 0 Å². The quantitative estimate of drug-likeness (QED) is 0.560. The van der Waals surface area contributed by atoms with Crippen LogP contribution in [0.5, 0.6) is 0 Å². The van der Waals surface area contributed by atoms with Gasteiger partial charge in [0.25, 0.3) is 0 Å². The van der Waals surface area contributed by atoms with Crippen LogP contribution in [0.1, 0.15) is 35.6 Å². The molecule has 2 aromatic heterocycles. The van der Waals surface area contributed by atoms with E-state index in [1.165, 1.54) is 0 Å². The largest absolute Gasteiger partial charge is 0.361 e. The van der Waals surface area contributed by atoms with E-state index in [0.29, 0.717) is 18.7 Å². The number of aromatic nitrogens is 2. The lowest BCUT2D eigenvalue weighted by molar-refractivity contribution is -0.127. The van der Waals surface area contributed by atoms with E-state index < -0.39 is 0 Å². The minimum absolute atomic E-state index is 0.00820. The number of fused-ring (bicyclic) bond motifs is 2. The third-order valence-corrected chi connectivity index (χ3v) is 5.93. The molecule has 1 aliphatic heterocycles. The van der Waals surface area contributed by atoms with E-state index in [4.69, 9.17) is 0 Å². The van der Waals surface area contributed by atoms with Crippen molar-refractivity contribution in [3.8, 4) is 0 Å². The van der Waals surface area contributed by atoms with Gasteiger partial charge in [-0.1, -0.05) is 18.2 Å². The summed E-state index contributed by atoms with van der Waals surface area (Å²) in [7, 11) is 5.94. The molecule has 0 fully saturated rings. The minimum Gasteiger partial charge on any atom is -0.361 e. The van der Waals surface area contributed by atoms with E-state index in [2.05, 4.69) is 32.3 Å². The van der Waals surface area contributed by atoms with Gasteiger partial charge < -0.3 is 20.1 Å². The smallest absolute Gasteiger partial charge is 0.246 e. The fourth-order valence-electron chi connectivity index (χ4n) is 4.11. The van der Waals surface area contributed by atoms with Gasteiger partial charge in [-0.25, -0.2) is 4.98 Å². The Morgan fingerprint density at radius 1 is 1.22 bits per heavy atom. The molecule has 0 aliphatic carbocycles. The molecule has 0 spiro atoms. The zero-order chi connectivity index (χ0) is 22.7. The van der Waals surface area contributed by atoms with E-state index in [-0.39, 0.29) is 17.9 Å². The van der Waals surface area contributed by atoms with Crippen LogP contribution in [-0.2, 0) is 16.0 Å². The van der Waals surface area contributed by atoms with Crippen LogP contribution >= 0.6 is 0 Å². The van der Waals surface area contributed by atoms with Crippen molar-refractivity contribution in [1.82, 2.24) is 19.8 Å². The lowest BCUT2D eigenvalue weighted by Crippen LogP contribution is -2.32. The van der Waals surface area contributed by atoms with Crippen LogP contribution in [0.3, 0.4) is 0 Å². The number of pyridine rings is 1. The first-order valence-electron chi connectivity index (χ1n) is 10.9. The Morgan fingerprint density at radius 3 is 2.84 bits per heavy atom. The minimum atomic E-state index is -0.0648. The van der Waals surface area contributed by atoms with Crippen molar-refractivity contribution in [3.05, 3.63) is 65.5 Å². The average Bonchev–Trinajstić information content (AvgIpc) is 3.21. The maximum absolute atomic E-state index is 13.1. The molecule has 2 amide bonds. The predicted molar refractivity (Wildman–Crippen MR) is 127 cm³/mol. The predicted octanol–water partition coefficient (Wildman–Crippen LogP) is 3.61. The second kappa shape index (κ2) is 9.36. The topological polar surface area (TPSA) is 81.3 Å². The highest BCUT2D eigenvalue weighted by atomic mass is 16.2. The number of H-pyrrole nitrogens is 1. The van der Waals surface area contributed by atoms with Crippen molar-refractivity contribution in [3.63, 3.8) is 0 Å². The number of amides is 2. The molecule has 3 heterocycles. The molecule has 0 saturated carbocycles. The normalized spacial score (nSPS) is 14.6. The van der Waals surface area contributed by atoms with Gasteiger partial charge in [0.05, 0.1) is 6.04 Å². The number of aromatic amines is 1. The van der Waals surface area contributed by atoms with E-state index in [0.717, 1.165) is 40.6 Å². The Morgan fingerprint density at radius 2 is 2.03 bits per heavy atom. The van der Waals surface area contributed by atoms with E-state index in [1.54, 1.807) is 18.3 Å². The Bertz CT molecular complexity index is 1160. The van der Waals surface area contributed by atoms with Gasteiger partial charge in [-0.3, -0.25) is 9.59 Å². The molecule has 32 heavy (non-hydrogen) atoms. The Labute approximate surface area is 188 Å². The van der Waals surface area contributed by atoms with Gasteiger partial charge in [0.2, 0.25) is 11.8 Å². The molecule has 0 saturated heterocycles. The van der Waals surface area contributed by atoms with Crippen molar-refractivity contribution in [2.75, 3.05) is 33.0 Å². The highest BCUT2D eigenvalue weighted by molar-refractivity contribution is 5.94. The first-order valence-corrected chi connectivity index (χ1v) is 10.9. The molecular weight excluding hydrogens is 402 g/mol. The number of carbonyl (C=O) groups excluding carboxylic acids is 2. The second-order valence-corrected chi connectivity index (χ2v) is 8.50. The molecule has 0 bridgehead atoms. The monoisotopic (exact) mass is 431 g/mol. The summed E-state index contributed by atoms with van der Waals surface area (Å²) in [5, 5.41) is 3.92. The average molecular weight is 432 g/mol. The molecule has 1 atom stereocenters. The molecule has 1 aromatic carbocycles. The fourth-order valence-corrected chi connectivity index (χ4v) is 4.11. The van der Waals surface area contributed by atoms with Crippen LogP contribution in [0.4, 0.5) is 5.82 Å². The number of rotatable bonds is 7. The summed E-state index contributed by atoms with van der Waals surface area (Å²) >= 11 is 0. The Kier molecular flexibility index (Phi) is 6.37. The van der Waals surface area contributed by atoms with Crippen molar-refractivity contribution in [1.29, 1.82) is 0 Å². The van der Waals surface area contributed by atoms with E-state index >= 15 is 0 Å². The number of para-hydroxylation sites is 1. The number of carbonyl (C=O) groups is 2. The van der Waals surface area contributed by atoms with Crippen molar-refractivity contribution >= 4 is 34.6 Å². The summed E-state index contributed by atoms with van der Waals surface area (Å²) in [6, 6.07) is 10.1. The number of nitrogens with zero attached hydrogens (tertiary/aromatic N) is 3. The maximum atomic E-state index is 13.1. The summed E-state index contributed by atoms with van der Waals surface area (Å²) in [6.45, 7) is 0.867. The summed E-state index contributed by atoms with van der Waals surface area (Å²) in [5.74, 6) is 0.543. The van der Waals surface area contributed by atoms with E-state index in [9.17, 15) is 9.59 Å². The Hall–Kier alpha value is -3.45. The summed E-state index contributed by atoms with van der Waals surface area (Å²) in [5.41, 5.74) is 4.03. The van der Waals surface area contributed by atoms with Crippen LogP contribution in [-0.4, -0.2) is 59.3 Å². The van der Waals surface area contributed by atoms with E-state index in [1.807, 2.05) is 50.4 Å².